The number of thioether (sulfide) groups is 1. The van der Waals surface area contributed by atoms with E-state index in [9.17, 15) is 4.39 Å². The van der Waals surface area contributed by atoms with Gasteiger partial charge in [-0.15, -0.1) is 11.8 Å². The van der Waals surface area contributed by atoms with Gasteiger partial charge in [0.2, 0.25) is 0 Å². The van der Waals surface area contributed by atoms with Crippen LogP contribution >= 0.6 is 11.8 Å². The number of rotatable bonds is 3. The zero-order valence-corrected chi connectivity index (χ0v) is 14.9. The molecular formula is C20H22FN3S. The third kappa shape index (κ3) is 3.38. The second kappa shape index (κ2) is 7.08. The van der Waals surface area contributed by atoms with E-state index in [0.717, 1.165) is 35.8 Å². The first-order valence-electron chi connectivity index (χ1n) is 8.84. The highest BCUT2D eigenvalue weighted by Gasteiger charge is 2.46. The Morgan fingerprint density at radius 1 is 0.960 bits per heavy atom. The van der Waals surface area contributed by atoms with E-state index in [1.54, 1.807) is 0 Å². The summed E-state index contributed by atoms with van der Waals surface area (Å²) in [4.78, 5) is 2.40. The molecule has 0 atom stereocenters. The number of anilines is 2. The van der Waals surface area contributed by atoms with Gasteiger partial charge in [0.25, 0.3) is 0 Å². The summed E-state index contributed by atoms with van der Waals surface area (Å²) < 4.78 is 13.4. The van der Waals surface area contributed by atoms with Crippen molar-refractivity contribution in [3.63, 3.8) is 0 Å². The summed E-state index contributed by atoms with van der Waals surface area (Å²) >= 11 is 1.98. The summed E-state index contributed by atoms with van der Waals surface area (Å²) in [5, 5.41) is 4.70. The normalized spacial score (nSPS) is 21.0. The molecule has 1 N–H and O–H groups in total. The second-order valence-corrected chi connectivity index (χ2v) is 7.95. The predicted octanol–water partition coefficient (Wildman–Crippen LogP) is 5.46. The maximum Gasteiger partial charge on any atom is 0.140 e. The van der Waals surface area contributed by atoms with E-state index in [2.05, 4.69) is 10.3 Å². The number of hydrogen-bond acceptors (Lipinski definition) is 3. The first-order chi connectivity index (χ1) is 12.3. The molecule has 4 rings (SSSR count). The molecule has 0 aromatic heterocycles. The van der Waals surface area contributed by atoms with Gasteiger partial charge in [0.1, 0.15) is 11.7 Å². The lowest BCUT2D eigenvalue weighted by Gasteiger charge is -2.41. The Hall–Kier alpha value is -2.01. The Labute approximate surface area is 152 Å². The lowest BCUT2D eigenvalue weighted by atomic mass is 9.93. The molecule has 130 valence electrons. The lowest BCUT2D eigenvalue weighted by Crippen LogP contribution is -2.46. The molecule has 0 radical (unpaired) electrons. The zero-order valence-electron chi connectivity index (χ0n) is 14.1. The van der Waals surface area contributed by atoms with E-state index in [1.807, 2.05) is 54.2 Å². The van der Waals surface area contributed by atoms with Crippen LogP contribution in [0.4, 0.5) is 15.8 Å². The number of hydrazone groups is 1. The maximum absolute atomic E-state index is 13.4. The SMILES string of the molecule is Fc1ccc(N2/C(=N/Nc3ccccc3)CSC23CCCCC3)cc1. The van der Waals surface area contributed by atoms with E-state index < -0.39 is 0 Å². The van der Waals surface area contributed by atoms with Gasteiger partial charge >= 0.3 is 0 Å². The molecule has 0 unspecified atom stereocenters. The topological polar surface area (TPSA) is 27.6 Å². The molecule has 0 amide bonds. The van der Waals surface area contributed by atoms with Gasteiger partial charge < -0.3 is 4.90 Å². The van der Waals surface area contributed by atoms with E-state index in [-0.39, 0.29) is 10.7 Å². The molecule has 2 aromatic rings. The highest BCUT2D eigenvalue weighted by Crippen LogP contribution is 2.49. The first-order valence-corrected chi connectivity index (χ1v) is 9.83. The molecule has 3 nitrogen and oxygen atoms in total. The Bertz CT molecular complexity index is 739. The van der Waals surface area contributed by atoms with E-state index in [1.165, 1.54) is 31.4 Å². The number of benzene rings is 2. The van der Waals surface area contributed by atoms with Crippen LogP contribution in [0.15, 0.2) is 59.7 Å². The van der Waals surface area contributed by atoms with Crippen LogP contribution in [0.25, 0.3) is 0 Å². The predicted molar refractivity (Wildman–Crippen MR) is 105 cm³/mol. The van der Waals surface area contributed by atoms with Gasteiger partial charge in [-0.2, -0.15) is 5.10 Å². The maximum atomic E-state index is 13.4. The van der Waals surface area contributed by atoms with Crippen molar-refractivity contribution in [2.24, 2.45) is 5.10 Å². The second-order valence-electron chi connectivity index (χ2n) is 6.61. The number of nitrogens with zero attached hydrogens (tertiary/aromatic N) is 2. The summed E-state index contributed by atoms with van der Waals surface area (Å²) in [7, 11) is 0. The van der Waals surface area contributed by atoms with Crippen LogP contribution in [-0.2, 0) is 0 Å². The summed E-state index contributed by atoms with van der Waals surface area (Å²) in [6.07, 6.45) is 6.08. The molecule has 2 aromatic carbocycles. The van der Waals surface area contributed by atoms with Crippen LogP contribution in [0.3, 0.4) is 0 Å². The third-order valence-electron chi connectivity index (χ3n) is 4.94. The van der Waals surface area contributed by atoms with Gasteiger partial charge in [0, 0.05) is 5.69 Å². The molecule has 25 heavy (non-hydrogen) atoms. The molecule has 2 aliphatic rings. The monoisotopic (exact) mass is 355 g/mol. The summed E-state index contributed by atoms with van der Waals surface area (Å²) in [6.45, 7) is 0. The van der Waals surface area contributed by atoms with Crippen molar-refractivity contribution < 1.29 is 4.39 Å². The summed E-state index contributed by atoms with van der Waals surface area (Å²) in [5.41, 5.74) is 5.18. The Balaban J connectivity index is 1.66. The Kier molecular flexibility index (Phi) is 4.66. The van der Waals surface area contributed by atoms with Gasteiger partial charge in [-0.25, -0.2) is 4.39 Å². The number of halogens is 1. The number of nitrogens with one attached hydrogen (secondary N) is 1. The van der Waals surface area contributed by atoms with E-state index in [4.69, 9.17) is 5.10 Å². The minimum absolute atomic E-state index is 0.0628. The third-order valence-corrected chi connectivity index (χ3v) is 6.47. The average Bonchev–Trinajstić information content (AvgIpc) is 3.00. The van der Waals surface area contributed by atoms with Crippen LogP contribution in [-0.4, -0.2) is 16.5 Å². The quantitative estimate of drug-likeness (QED) is 0.740. The van der Waals surface area contributed by atoms with Crippen LogP contribution in [0, 0.1) is 5.82 Å². The molecule has 1 aliphatic carbocycles. The summed E-state index contributed by atoms with van der Waals surface area (Å²) in [6, 6.07) is 16.8. The molecule has 1 aliphatic heterocycles. The smallest absolute Gasteiger partial charge is 0.140 e. The molecule has 1 heterocycles. The Morgan fingerprint density at radius 2 is 1.68 bits per heavy atom. The molecule has 1 saturated carbocycles. The van der Waals surface area contributed by atoms with E-state index >= 15 is 0 Å². The standard InChI is InChI=1S/C20H22FN3S/c21-16-9-11-18(12-10-16)24-19(23-22-17-7-3-1-4-8-17)15-25-20(24)13-5-2-6-14-20/h1,3-4,7-12,22H,2,5-6,13-15H2/b23-19+. The Morgan fingerprint density at radius 3 is 2.40 bits per heavy atom. The molecule has 1 saturated heterocycles. The average molecular weight is 355 g/mol. The van der Waals surface area contributed by atoms with Crippen molar-refractivity contribution in [2.75, 3.05) is 16.1 Å². The van der Waals surface area contributed by atoms with Gasteiger partial charge in [0.15, 0.2) is 0 Å². The fourth-order valence-electron chi connectivity index (χ4n) is 3.73. The number of amidine groups is 1. The van der Waals surface area contributed by atoms with Crippen molar-refractivity contribution in [1.82, 2.24) is 0 Å². The fraction of sp³-hybridized carbons (Fsp3) is 0.350. The van der Waals surface area contributed by atoms with Gasteiger partial charge in [-0.05, 0) is 49.2 Å². The van der Waals surface area contributed by atoms with Crippen molar-refractivity contribution >= 4 is 29.0 Å². The van der Waals surface area contributed by atoms with Crippen LogP contribution in [0.2, 0.25) is 0 Å². The van der Waals surface area contributed by atoms with Gasteiger partial charge in [0.05, 0.1) is 16.3 Å². The van der Waals surface area contributed by atoms with Crippen LogP contribution in [0.5, 0.6) is 0 Å². The molecule has 2 fully saturated rings. The van der Waals surface area contributed by atoms with Crippen molar-refractivity contribution in [3.05, 3.63) is 60.4 Å². The van der Waals surface area contributed by atoms with Crippen molar-refractivity contribution in [2.45, 2.75) is 37.0 Å². The lowest BCUT2D eigenvalue weighted by molar-refractivity contribution is 0.410. The minimum atomic E-state index is -0.200. The van der Waals surface area contributed by atoms with Gasteiger partial charge in [-0.1, -0.05) is 37.5 Å². The minimum Gasteiger partial charge on any atom is -0.312 e. The fourth-order valence-corrected chi connectivity index (χ4v) is 5.24. The van der Waals surface area contributed by atoms with E-state index in [0.29, 0.717) is 0 Å². The van der Waals surface area contributed by atoms with Crippen LogP contribution in [0.1, 0.15) is 32.1 Å². The van der Waals surface area contributed by atoms with Crippen LogP contribution < -0.4 is 10.3 Å². The van der Waals surface area contributed by atoms with Crippen molar-refractivity contribution in [3.8, 4) is 0 Å². The number of para-hydroxylation sites is 1. The molecular weight excluding hydrogens is 333 g/mol. The van der Waals surface area contributed by atoms with Gasteiger partial charge in [-0.3, -0.25) is 5.43 Å². The first kappa shape index (κ1) is 16.5. The highest BCUT2D eigenvalue weighted by molar-refractivity contribution is 8.02. The zero-order chi connectivity index (χ0) is 17.1. The van der Waals surface area contributed by atoms with Crippen molar-refractivity contribution in [1.29, 1.82) is 0 Å². The molecule has 5 heteroatoms. The molecule has 1 spiro atoms. The number of hydrogen-bond donors (Lipinski definition) is 1. The molecule has 0 bridgehead atoms. The largest absolute Gasteiger partial charge is 0.312 e. The highest BCUT2D eigenvalue weighted by atomic mass is 32.2. The summed E-state index contributed by atoms with van der Waals surface area (Å²) in [5.74, 6) is 1.69.